The molecule has 0 saturated carbocycles. The number of anilines is 3. The van der Waals surface area contributed by atoms with Crippen LogP contribution >= 0.6 is 0 Å². The maximum absolute atomic E-state index is 5.39. The summed E-state index contributed by atoms with van der Waals surface area (Å²) in [4.78, 5) is 13.3. The molecule has 3 aromatic rings. The quantitative estimate of drug-likeness (QED) is 0.392. The molecule has 0 radical (unpaired) electrons. The van der Waals surface area contributed by atoms with Crippen LogP contribution in [-0.2, 0) is 6.54 Å². The van der Waals surface area contributed by atoms with Crippen LogP contribution in [0.15, 0.2) is 53.6 Å². The molecular weight excluding hydrogens is 394 g/mol. The maximum atomic E-state index is 5.39. The Kier molecular flexibility index (Phi) is 5.83. The fraction of sp³-hybridized carbons (Fsp3) is 0.273. The van der Waals surface area contributed by atoms with Crippen LogP contribution in [0, 0.1) is 0 Å². The molecule has 0 aliphatic carbocycles. The van der Waals surface area contributed by atoms with Crippen molar-refractivity contribution in [3.63, 3.8) is 0 Å². The van der Waals surface area contributed by atoms with Gasteiger partial charge in [-0.2, -0.15) is 20.1 Å². The minimum Gasteiger partial charge on any atom is -0.454 e. The van der Waals surface area contributed by atoms with Gasteiger partial charge in [-0.3, -0.25) is 0 Å². The van der Waals surface area contributed by atoms with Crippen LogP contribution in [0.25, 0.3) is 0 Å². The molecule has 0 unspecified atom stereocenters. The zero-order valence-electron chi connectivity index (χ0n) is 17.7. The highest BCUT2D eigenvalue weighted by Crippen LogP contribution is 2.32. The van der Waals surface area contributed by atoms with Gasteiger partial charge in [-0.1, -0.05) is 30.3 Å². The minimum atomic E-state index is -0.203. The summed E-state index contributed by atoms with van der Waals surface area (Å²) in [6, 6.07) is 15.7. The van der Waals surface area contributed by atoms with Crippen LogP contribution in [0.2, 0.25) is 0 Å². The number of aromatic nitrogens is 3. The number of rotatable bonds is 7. The molecule has 0 amide bonds. The molecule has 9 heteroatoms. The highest BCUT2D eigenvalue weighted by atomic mass is 16.7. The van der Waals surface area contributed by atoms with Crippen molar-refractivity contribution in [2.45, 2.75) is 32.9 Å². The minimum absolute atomic E-state index is 0.203. The second kappa shape index (κ2) is 8.86. The second-order valence-corrected chi connectivity index (χ2v) is 8.00. The number of hydrazone groups is 1. The molecule has 4 rings (SSSR count). The molecule has 2 aromatic carbocycles. The van der Waals surface area contributed by atoms with E-state index >= 15 is 0 Å². The smallest absolute Gasteiger partial charge is 0.250 e. The molecule has 0 atom stereocenters. The number of hydrogen-bond acceptors (Lipinski definition) is 9. The fourth-order valence-electron chi connectivity index (χ4n) is 2.83. The predicted octanol–water partition coefficient (Wildman–Crippen LogP) is 3.87. The van der Waals surface area contributed by atoms with Gasteiger partial charge in [0.05, 0.1) is 6.21 Å². The number of hydrogen-bond donors (Lipinski definition) is 3. The van der Waals surface area contributed by atoms with Crippen LogP contribution < -0.4 is 25.5 Å². The van der Waals surface area contributed by atoms with E-state index in [0.717, 1.165) is 16.9 Å². The van der Waals surface area contributed by atoms with E-state index in [1.165, 1.54) is 0 Å². The van der Waals surface area contributed by atoms with Gasteiger partial charge in [0.15, 0.2) is 11.5 Å². The normalized spacial score (nSPS) is 12.7. The number of benzene rings is 2. The first-order valence-electron chi connectivity index (χ1n) is 9.95. The van der Waals surface area contributed by atoms with Crippen molar-refractivity contribution in [3.05, 3.63) is 59.7 Å². The predicted molar refractivity (Wildman–Crippen MR) is 121 cm³/mol. The second-order valence-electron chi connectivity index (χ2n) is 8.00. The lowest BCUT2D eigenvalue weighted by molar-refractivity contribution is 0.174. The summed E-state index contributed by atoms with van der Waals surface area (Å²) >= 11 is 0. The van der Waals surface area contributed by atoms with E-state index in [9.17, 15) is 0 Å². The molecule has 1 aromatic heterocycles. The molecule has 2 heterocycles. The third-order valence-corrected chi connectivity index (χ3v) is 4.19. The molecular formula is C22H25N7O2. The van der Waals surface area contributed by atoms with Crippen molar-refractivity contribution in [3.8, 4) is 11.5 Å². The zero-order valence-corrected chi connectivity index (χ0v) is 17.7. The lowest BCUT2D eigenvalue weighted by Crippen LogP contribution is -2.28. The van der Waals surface area contributed by atoms with Gasteiger partial charge >= 0.3 is 0 Å². The number of nitrogens with one attached hydrogen (secondary N) is 3. The van der Waals surface area contributed by atoms with Crippen molar-refractivity contribution >= 4 is 24.1 Å². The molecule has 0 bridgehead atoms. The van der Waals surface area contributed by atoms with E-state index in [-0.39, 0.29) is 12.3 Å². The average molecular weight is 419 g/mol. The van der Waals surface area contributed by atoms with Gasteiger partial charge < -0.3 is 20.1 Å². The number of ether oxygens (including phenoxy) is 2. The monoisotopic (exact) mass is 419 g/mol. The standard InChI is InChI=1S/C22H25N7O2/c1-22(2,3)28-20-25-19(23-12-15-7-5-4-6-8-15)26-21(27-20)29-24-13-16-9-10-17-18(11-16)31-14-30-17/h4-11,13H,12,14H2,1-3H3,(H3,23,25,26,27,28,29)/b24-13-. The Labute approximate surface area is 180 Å². The maximum Gasteiger partial charge on any atom is 0.250 e. The fourth-order valence-corrected chi connectivity index (χ4v) is 2.83. The molecule has 9 nitrogen and oxygen atoms in total. The Bertz CT molecular complexity index is 1070. The third kappa shape index (κ3) is 5.81. The third-order valence-electron chi connectivity index (χ3n) is 4.19. The summed E-state index contributed by atoms with van der Waals surface area (Å²) in [6.07, 6.45) is 1.67. The zero-order chi connectivity index (χ0) is 21.7. The molecule has 1 aliphatic heterocycles. The number of fused-ring (bicyclic) bond motifs is 1. The molecule has 0 saturated heterocycles. The van der Waals surface area contributed by atoms with Crippen molar-refractivity contribution in [2.75, 3.05) is 22.9 Å². The Hall–Kier alpha value is -3.88. The van der Waals surface area contributed by atoms with Crippen LogP contribution in [-0.4, -0.2) is 33.5 Å². The van der Waals surface area contributed by atoms with E-state index in [4.69, 9.17) is 9.47 Å². The first kappa shape index (κ1) is 20.4. The Morgan fingerprint density at radius 2 is 1.68 bits per heavy atom. The van der Waals surface area contributed by atoms with Crippen LogP contribution in [0.3, 0.4) is 0 Å². The number of nitrogens with zero attached hydrogens (tertiary/aromatic N) is 4. The molecule has 0 fully saturated rings. The summed E-state index contributed by atoms with van der Waals surface area (Å²) in [5, 5.41) is 10.8. The van der Waals surface area contributed by atoms with Crippen molar-refractivity contribution in [1.29, 1.82) is 0 Å². The van der Waals surface area contributed by atoms with Crippen molar-refractivity contribution < 1.29 is 9.47 Å². The van der Waals surface area contributed by atoms with E-state index < -0.39 is 0 Å². The van der Waals surface area contributed by atoms with Gasteiger partial charge in [0.25, 0.3) is 0 Å². The topological polar surface area (TPSA) is 106 Å². The molecule has 31 heavy (non-hydrogen) atoms. The van der Waals surface area contributed by atoms with Gasteiger partial charge in [-0.05, 0) is 50.1 Å². The van der Waals surface area contributed by atoms with Crippen molar-refractivity contribution in [2.24, 2.45) is 5.10 Å². The Morgan fingerprint density at radius 1 is 0.935 bits per heavy atom. The van der Waals surface area contributed by atoms with Gasteiger partial charge in [-0.25, -0.2) is 5.43 Å². The summed E-state index contributed by atoms with van der Waals surface area (Å²) in [7, 11) is 0. The van der Waals surface area contributed by atoms with E-state index in [2.05, 4.69) is 36.1 Å². The Morgan fingerprint density at radius 3 is 2.48 bits per heavy atom. The van der Waals surface area contributed by atoms with E-state index in [1.54, 1.807) is 6.21 Å². The van der Waals surface area contributed by atoms with Crippen LogP contribution in [0.5, 0.6) is 11.5 Å². The molecule has 3 N–H and O–H groups in total. The SMILES string of the molecule is CC(C)(C)Nc1nc(NCc2ccccc2)nc(N/N=C\c2ccc3c(c2)OCO3)n1. The lowest BCUT2D eigenvalue weighted by atomic mass is 10.1. The van der Waals surface area contributed by atoms with Crippen LogP contribution in [0.4, 0.5) is 17.8 Å². The first-order chi connectivity index (χ1) is 14.9. The van der Waals surface area contributed by atoms with Gasteiger partial charge in [0, 0.05) is 12.1 Å². The molecule has 160 valence electrons. The van der Waals surface area contributed by atoms with E-state index in [1.807, 2.05) is 69.3 Å². The van der Waals surface area contributed by atoms with E-state index in [0.29, 0.717) is 30.1 Å². The van der Waals surface area contributed by atoms with Gasteiger partial charge in [0.1, 0.15) is 0 Å². The molecule has 1 aliphatic rings. The summed E-state index contributed by atoms with van der Waals surface area (Å²) in [6.45, 7) is 6.96. The average Bonchev–Trinajstić information content (AvgIpc) is 3.20. The lowest BCUT2D eigenvalue weighted by Gasteiger charge is -2.20. The summed E-state index contributed by atoms with van der Waals surface area (Å²) in [5.41, 5.74) is 4.67. The largest absolute Gasteiger partial charge is 0.454 e. The highest BCUT2D eigenvalue weighted by molar-refractivity contribution is 5.81. The molecule has 0 spiro atoms. The van der Waals surface area contributed by atoms with Gasteiger partial charge in [-0.15, -0.1) is 0 Å². The van der Waals surface area contributed by atoms with Crippen LogP contribution in [0.1, 0.15) is 31.9 Å². The first-order valence-corrected chi connectivity index (χ1v) is 9.95. The van der Waals surface area contributed by atoms with Crippen molar-refractivity contribution in [1.82, 2.24) is 15.0 Å². The highest BCUT2D eigenvalue weighted by Gasteiger charge is 2.14. The Balaban J connectivity index is 1.48. The summed E-state index contributed by atoms with van der Waals surface area (Å²) in [5.74, 6) is 2.67. The van der Waals surface area contributed by atoms with Gasteiger partial charge in [0.2, 0.25) is 24.6 Å². The summed E-state index contributed by atoms with van der Waals surface area (Å²) < 4.78 is 10.7.